The average molecular weight is 482 g/mol. The van der Waals surface area contributed by atoms with Crippen molar-refractivity contribution in [3.8, 4) is 11.3 Å². The number of methoxy groups -OCH3 is 1. The van der Waals surface area contributed by atoms with Crippen LogP contribution >= 0.6 is 15.9 Å². The minimum absolute atomic E-state index is 0.00457. The molecule has 1 amide bonds. The zero-order valence-electron chi connectivity index (χ0n) is 17.5. The summed E-state index contributed by atoms with van der Waals surface area (Å²) in [6, 6.07) is 15.5. The maximum absolute atomic E-state index is 13.1. The highest BCUT2D eigenvalue weighted by Gasteiger charge is 2.27. The number of aromatic nitrogens is 2. The minimum Gasteiger partial charge on any atom is -0.464 e. The molecule has 0 atom stereocenters. The Kier molecular flexibility index (Phi) is 6.23. The van der Waals surface area contributed by atoms with E-state index in [9.17, 15) is 9.59 Å². The summed E-state index contributed by atoms with van der Waals surface area (Å²) in [4.78, 5) is 31.6. The number of hydrogen-bond acceptors (Lipinski definition) is 4. The van der Waals surface area contributed by atoms with Gasteiger partial charge in [-0.25, -0.2) is 4.79 Å². The molecule has 3 heterocycles. The molecule has 0 saturated carbocycles. The van der Waals surface area contributed by atoms with Crippen LogP contribution in [0.4, 0.5) is 0 Å². The largest absolute Gasteiger partial charge is 0.464 e. The molecule has 1 aliphatic heterocycles. The first-order chi connectivity index (χ1) is 15.0. The maximum atomic E-state index is 13.1. The highest BCUT2D eigenvalue weighted by atomic mass is 79.9. The fourth-order valence-corrected chi connectivity index (χ4v) is 4.50. The average Bonchev–Trinajstić information content (AvgIpc) is 3.28. The number of amides is 1. The summed E-state index contributed by atoms with van der Waals surface area (Å²) in [5.41, 5.74) is 3.76. The van der Waals surface area contributed by atoms with Crippen LogP contribution in [-0.4, -0.2) is 46.5 Å². The second-order valence-electron chi connectivity index (χ2n) is 7.66. The molecule has 6 nitrogen and oxygen atoms in total. The van der Waals surface area contributed by atoms with Crippen LogP contribution in [0.25, 0.3) is 11.3 Å². The fourth-order valence-electron chi connectivity index (χ4n) is 4.10. The molecule has 3 aromatic rings. The Morgan fingerprint density at radius 2 is 1.87 bits per heavy atom. The standard InChI is InChI=1S/C24H24BrN3O3/c1-16-20(8-9-21(26-16)17-5-3-6-18(25)15-17)23(29)27-13-10-19(11-14-27)28-12-4-7-22(28)24(30)31-2/h3-9,12,15,19H,10-11,13-14H2,1-2H3. The van der Waals surface area contributed by atoms with Crippen LogP contribution in [0.15, 0.2) is 59.2 Å². The second kappa shape index (κ2) is 9.06. The molecule has 4 rings (SSSR count). The van der Waals surface area contributed by atoms with E-state index in [1.807, 2.05) is 65.1 Å². The SMILES string of the molecule is COC(=O)c1cccn1C1CCN(C(=O)c2ccc(-c3cccc(Br)c3)nc2C)CC1. The van der Waals surface area contributed by atoms with Crippen LogP contribution in [0.3, 0.4) is 0 Å². The predicted octanol–water partition coefficient (Wildman–Crippen LogP) is 4.88. The smallest absolute Gasteiger partial charge is 0.354 e. The Morgan fingerprint density at radius 3 is 2.55 bits per heavy atom. The second-order valence-corrected chi connectivity index (χ2v) is 8.57. The highest BCUT2D eigenvalue weighted by molar-refractivity contribution is 9.10. The lowest BCUT2D eigenvalue weighted by molar-refractivity contribution is 0.0573. The number of benzene rings is 1. The van der Waals surface area contributed by atoms with Crippen molar-refractivity contribution < 1.29 is 14.3 Å². The van der Waals surface area contributed by atoms with Gasteiger partial charge in [-0.3, -0.25) is 9.78 Å². The molecule has 7 heteroatoms. The molecule has 1 fully saturated rings. The number of ether oxygens (including phenoxy) is 1. The molecule has 160 valence electrons. The van der Waals surface area contributed by atoms with E-state index in [0.29, 0.717) is 24.3 Å². The third-order valence-electron chi connectivity index (χ3n) is 5.76. The number of hydrogen-bond donors (Lipinski definition) is 0. The Morgan fingerprint density at radius 1 is 1.10 bits per heavy atom. The van der Waals surface area contributed by atoms with Crippen molar-refractivity contribution in [1.29, 1.82) is 0 Å². The lowest BCUT2D eigenvalue weighted by Crippen LogP contribution is -2.39. The molecule has 2 aromatic heterocycles. The van der Waals surface area contributed by atoms with Crippen LogP contribution in [0.5, 0.6) is 0 Å². The summed E-state index contributed by atoms with van der Waals surface area (Å²) in [5.74, 6) is -0.333. The van der Waals surface area contributed by atoms with Crippen molar-refractivity contribution in [1.82, 2.24) is 14.5 Å². The number of halogens is 1. The summed E-state index contributed by atoms with van der Waals surface area (Å²) in [5, 5.41) is 0. The predicted molar refractivity (Wildman–Crippen MR) is 122 cm³/mol. The van der Waals surface area contributed by atoms with E-state index in [1.54, 1.807) is 6.07 Å². The lowest BCUT2D eigenvalue weighted by Gasteiger charge is -2.33. The van der Waals surface area contributed by atoms with Gasteiger partial charge in [0, 0.05) is 35.4 Å². The lowest BCUT2D eigenvalue weighted by atomic mass is 10.0. The number of piperidine rings is 1. The minimum atomic E-state index is -0.337. The fraction of sp³-hybridized carbons (Fsp3) is 0.292. The summed E-state index contributed by atoms with van der Waals surface area (Å²) >= 11 is 3.49. The zero-order valence-corrected chi connectivity index (χ0v) is 19.1. The number of esters is 1. The Labute approximate surface area is 190 Å². The van der Waals surface area contributed by atoms with Gasteiger partial charge in [-0.2, -0.15) is 0 Å². The van der Waals surface area contributed by atoms with Crippen molar-refractivity contribution in [2.24, 2.45) is 0 Å². The summed E-state index contributed by atoms with van der Waals surface area (Å²) in [6.07, 6.45) is 3.48. The van der Waals surface area contributed by atoms with Crippen LogP contribution < -0.4 is 0 Å². The number of aryl methyl sites for hydroxylation is 1. The first kappa shape index (κ1) is 21.3. The monoisotopic (exact) mass is 481 g/mol. The number of carbonyl (C=O) groups is 2. The van der Waals surface area contributed by atoms with Crippen LogP contribution in [-0.2, 0) is 4.74 Å². The van der Waals surface area contributed by atoms with Crippen molar-refractivity contribution in [3.63, 3.8) is 0 Å². The summed E-state index contributed by atoms with van der Waals surface area (Å²) in [6.45, 7) is 3.15. The normalized spacial score (nSPS) is 14.5. The first-order valence-electron chi connectivity index (χ1n) is 10.3. The Bertz CT molecular complexity index is 1120. The summed E-state index contributed by atoms with van der Waals surface area (Å²) < 4.78 is 7.83. The van der Waals surface area contributed by atoms with Gasteiger partial charge in [0.25, 0.3) is 5.91 Å². The van der Waals surface area contributed by atoms with Gasteiger partial charge in [0.15, 0.2) is 0 Å². The molecule has 0 bridgehead atoms. The van der Waals surface area contributed by atoms with Gasteiger partial charge >= 0.3 is 5.97 Å². The van der Waals surface area contributed by atoms with Crippen molar-refractivity contribution in [2.45, 2.75) is 25.8 Å². The van der Waals surface area contributed by atoms with Gasteiger partial charge in [0.1, 0.15) is 5.69 Å². The van der Waals surface area contributed by atoms with Gasteiger partial charge in [-0.05, 0) is 56.2 Å². The zero-order chi connectivity index (χ0) is 22.0. The summed E-state index contributed by atoms with van der Waals surface area (Å²) in [7, 11) is 1.39. The van der Waals surface area contributed by atoms with Gasteiger partial charge in [0.2, 0.25) is 0 Å². The van der Waals surface area contributed by atoms with Gasteiger partial charge in [0.05, 0.1) is 24.1 Å². The van der Waals surface area contributed by atoms with Crippen molar-refractivity contribution in [2.75, 3.05) is 20.2 Å². The van der Waals surface area contributed by atoms with E-state index in [1.165, 1.54) is 7.11 Å². The van der Waals surface area contributed by atoms with Gasteiger partial charge in [-0.15, -0.1) is 0 Å². The molecular weight excluding hydrogens is 458 g/mol. The Balaban J connectivity index is 1.45. The van der Waals surface area contributed by atoms with E-state index in [4.69, 9.17) is 4.74 Å². The van der Waals surface area contributed by atoms with E-state index >= 15 is 0 Å². The third kappa shape index (κ3) is 4.42. The first-order valence-corrected chi connectivity index (χ1v) is 11.0. The number of likely N-dealkylation sites (tertiary alicyclic amines) is 1. The molecule has 0 N–H and O–H groups in total. The maximum Gasteiger partial charge on any atom is 0.354 e. The van der Waals surface area contributed by atoms with Gasteiger partial charge in [-0.1, -0.05) is 28.1 Å². The number of carbonyl (C=O) groups excluding carboxylic acids is 2. The number of pyridine rings is 1. The van der Waals surface area contributed by atoms with Crippen LogP contribution in [0.2, 0.25) is 0 Å². The van der Waals surface area contributed by atoms with E-state index in [2.05, 4.69) is 20.9 Å². The molecule has 0 unspecified atom stereocenters. The van der Waals surface area contributed by atoms with E-state index in [0.717, 1.165) is 34.3 Å². The molecule has 0 aliphatic carbocycles. The molecule has 1 saturated heterocycles. The van der Waals surface area contributed by atoms with E-state index in [-0.39, 0.29) is 17.9 Å². The highest BCUT2D eigenvalue weighted by Crippen LogP contribution is 2.27. The van der Waals surface area contributed by atoms with E-state index < -0.39 is 0 Å². The molecule has 1 aliphatic rings. The molecule has 0 spiro atoms. The van der Waals surface area contributed by atoms with Gasteiger partial charge < -0.3 is 14.2 Å². The quantitative estimate of drug-likeness (QED) is 0.497. The van der Waals surface area contributed by atoms with Crippen LogP contribution in [0.1, 0.15) is 45.4 Å². The van der Waals surface area contributed by atoms with Crippen molar-refractivity contribution in [3.05, 3.63) is 76.2 Å². The molecule has 1 aromatic carbocycles. The van der Waals surface area contributed by atoms with Crippen LogP contribution in [0, 0.1) is 6.92 Å². The molecular formula is C24H24BrN3O3. The van der Waals surface area contributed by atoms with Crippen molar-refractivity contribution >= 4 is 27.8 Å². The number of nitrogens with zero attached hydrogens (tertiary/aromatic N) is 3. The number of rotatable bonds is 4. The third-order valence-corrected chi connectivity index (χ3v) is 6.25. The topological polar surface area (TPSA) is 64.4 Å². The molecule has 31 heavy (non-hydrogen) atoms. The molecule has 0 radical (unpaired) electrons. The Hall–Kier alpha value is -2.93.